The van der Waals surface area contributed by atoms with Gasteiger partial charge >= 0.3 is 12.0 Å². The van der Waals surface area contributed by atoms with E-state index in [-0.39, 0.29) is 6.03 Å². The number of amides is 2. The van der Waals surface area contributed by atoms with Crippen LogP contribution in [-0.4, -0.2) is 50.3 Å². The predicted molar refractivity (Wildman–Crippen MR) is 127 cm³/mol. The third-order valence-corrected chi connectivity index (χ3v) is 5.91. The van der Waals surface area contributed by atoms with Crippen LogP contribution in [0.25, 0.3) is 5.57 Å². The first-order valence-corrected chi connectivity index (χ1v) is 11.2. The fraction of sp³-hybridized carbons (Fsp3) is 0.308. The molecular formula is C26H29N3O4. The van der Waals surface area contributed by atoms with E-state index in [0.717, 1.165) is 25.1 Å². The van der Waals surface area contributed by atoms with Crippen LogP contribution in [0.3, 0.4) is 0 Å². The lowest BCUT2D eigenvalue weighted by atomic mass is 9.93. The molecule has 0 fully saturated rings. The van der Waals surface area contributed by atoms with Gasteiger partial charge in [-0.05, 0) is 30.5 Å². The van der Waals surface area contributed by atoms with Gasteiger partial charge < -0.3 is 20.1 Å². The predicted octanol–water partition coefficient (Wildman–Crippen LogP) is 3.66. The molecule has 0 saturated carbocycles. The van der Waals surface area contributed by atoms with Crippen molar-refractivity contribution in [2.45, 2.75) is 19.4 Å². The quantitative estimate of drug-likeness (QED) is 0.634. The van der Waals surface area contributed by atoms with Crippen LogP contribution < -0.4 is 15.4 Å². The molecule has 2 aromatic carbocycles. The molecule has 1 unspecified atom stereocenters. The largest absolute Gasteiger partial charge is 0.494 e. The van der Waals surface area contributed by atoms with Crippen LogP contribution in [0.15, 0.2) is 71.9 Å². The van der Waals surface area contributed by atoms with Crippen LogP contribution in [0.4, 0.5) is 4.79 Å². The second-order valence-electron chi connectivity index (χ2n) is 7.97. The van der Waals surface area contributed by atoms with Crippen molar-refractivity contribution in [3.8, 4) is 5.75 Å². The molecule has 0 aliphatic carbocycles. The molecule has 1 atom stereocenters. The number of rotatable bonds is 7. The number of carbonyl (C=O) groups excluding carboxylic acids is 2. The van der Waals surface area contributed by atoms with Crippen molar-refractivity contribution in [3.05, 3.63) is 83.1 Å². The first kappa shape index (κ1) is 22.6. The van der Waals surface area contributed by atoms with Gasteiger partial charge in [0.25, 0.3) is 0 Å². The second-order valence-corrected chi connectivity index (χ2v) is 7.97. The number of ether oxygens (including phenoxy) is 2. The van der Waals surface area contributed by atoms with E-state index in [1.54, 1.807) is 0 Å². The molecule has 4 rings (SSSR count). The maximum atomic E-state index is 12.9. The Bertz CT molecular complexity index is 1080. The van der Waals surface area contributed by atoms with Gasteiger partial charge in [0.1, 0.15) is 5.75 Å². The summed E-state index contributed by atoms with van der Waals surface area (Å²) in [4.78, 5) is 27.7. The van der Waals surface area contributed by atoms with Crippen LogP contribution in [0.1, 0.15) is 30.5 Å². The van der Waals surface area contributed by atoms with Crippen LogP contribution in [-0.2, 0) is 9.53 Å². The smallest absolute Gasteiger partial charge is 0.338 e. The van der Waals surface area contributed by atoms with Gasteiger partial charge in [-0.3, -0.25) is 4.90 Å². The minimum absolute atomic E-state index is 0.355. The lowest BCUT2D eigenvalue weighted by molar-refractivity contribution is -0.136. The number of urea groups is 1. The standard InChI is InChI=1S/C26H29N3O4/c1-3-33-22-12-8-7-11-20(22)24-23(25(30)32-2)21(27-26(31)28-24)17-29-15-13-19(14-16-29)18-9-5-4-6-10-18/h4-13,24H,3,14-17H2,1-2H3,(H2,27,28,31). The summed E-state index contributed by atoms with van der Waals surface area (Å²) in [7, 11) is 1.35. The normalized spacial score (nSPS) is 18.8. The molecule has 2 aliphatic heterocycles. The topological polar surface area (TPSA) is 79.9 Å². The molecule has 2 N–H and O–H groups in total. The maximum Gasteiger partial charge on any atom is 0.338 e. The molecule has 0 aromatic heterocycles. The Labute approximate surface area is 194 Å². The Balaban J connectivity index is 1.63. The molecule has 0 radical (unpaired) electrons. The van der Waals surface area contributed by atoms with E-state index in [1.165, 1.54) is 18.2 Å². The van der Waals surface area contributed by atoms with Gasteiger partial charge in [0.05, 0.1) is 25.3 Å². The van der Waals surface area contributed by atoms with E-state index < -0.39 is 12.0 Å². The van der Waals surface area contributed by atoms with E-state index in [0.29, 0.717) is 30.2 Å². The first-order chi connectivity index (χ1) is 16.1. The summed E-state index contributed by atoms with van der Waals surface area (Å²) in [6, 6.07) is 16.7. The average molecular weight is 448 g/mol. The van der Waals surface area contributed by atoms with Crippen molar-refractivity contribution in [2.24, 2.45) is 0 Å². The highest BCUT2D eigenvalue weighted by atomic mass is 16.5. The third kappa shape index (κ3) is 5.09. The number of nitrogens with zero attached hydrogens (tertiary/aromatic N) is 1. The Morgan fingerprint density at radius 3 is 2.58 bits per heavy atom. The Hall–Kier alpha value is -3.58. The number of carbonyl (C=O) groups is 2. The number of nitrogens with one attached hydrogen (secondary N) is 2. The maximum absolute atomic E-state index is 12.9. The molecule has 7 nitrogen and oxygen atoms in total. The third-order valence-electron chi connectivity index (χ3n) is 5.91. The minimum Gasteiger partial charge on any atom is -0.494 e. The number of esters is 1. The summed E-state index contributed by atoms with van der Waals surface area (Å²) < 4.78 is 10.9. The van der Waals surface area contributed by atoms with Crippen molar-refractivity contribution < 1.29 is 19.1 Å². The zero-order chi connectivity index (χ0) is 23.2. The van der Waals surface area contributed by atoms with E-state index in [9.17, 15) is 9.59 Å². The lowest BCUT2D eigenvalue weighted by Gasteiger charge is -2.33. The summed E-state index contributed by atoms with van der Waals surface area (Å²) in [6.07, 6.45) is 3.11. The zero-order valence-electron chi connectivity index (χ0n) is 19.0. The molecule has 2 aliphatic rings. The van der Waals surface area contributed by atoms with Gasteiger partial charge in [-0.1, -0.05) is 54.6 Å². The minimum atomic E-state index is -0.663. The molecule has 2 aromatic rings. The molecule has 172 valence electrons. The van der Waals surface area contributed by atoms with E-state index in [1.807, 2.05) is 49.4 Å². The van der Waals surface area contributed by atoms with Crippen LogP contribution in [0.2, 0.25) is 0 Å². The van der Waals surface area contributed by atoms with Gasteiger partial charge in [0.2, 0.25) is 0 Å². The SMILES string of the molecule is CCOc1ccccc1C1NC(=O)NC(CN2CC=C(c3ccccc3)CC2)=C1C(=O)OC. The van der Waals surface area contributed by atoms with Gasteiger partial charge in [0.15, 0.2) is 0 Å². The monoisotopic (exact) mass is 447 g/mol. The fourth-order valence-corrected chi connectivity index (χ4v) is 4.33. The van der Waals surface area contributed by atoms with E-state index in [4.69, 9.17) is 9.47 Å². The Morgan fingerprint density at radius 2 is 1.88 bits per heavy atom. The van der Waals surface area contributed by atoms with Gasteiger partial charge in [-0.25, -0.2) is 9.59 Å². The highest BCUT2D eigenvalue weighted by Crippen LogP contribution is 2.34. The van der Waals surface area contributed by atoms with Crippen molar-refractivity contribution in [2.75, 3.05) is 33.4 Å². The number of methoxy groups -OCH3 is 1. The summed E-state index contributed by atoms with van der Waals surface area (Å²) >= 11 is 0. The summed E-state index contributed by atoms with van der Waals surface area (Å²) in [5.74, 6) is 0.146. The first-order valence-electron chi connectivity index (χ1n) is 11.2. The zero-order valence-corrected chi connectivity index (χ0v) is 19.0. The van der Waals surface area contributed by atoms with Gasteiger partial charge in [-0.2, -0.15) is 0 Å². The van der Waals surface area contributed by atoms with E-state index >= 15 is 0 Å². The van der Waals surface area contributed by atoms with Crippen LogP contribution >= 0.6 is 0 Å². The van der Waals surface area contributed by atoms with Crippen LogP contribution in [0, 0.1) is 0 Å². The number of benzene rings is 2. The summed E-state index contributed by atoms with van der Waals surface area (Å²) in [5, 5.41) is 5.72. The molecule has 7 heteroatoms. The van der Waals surface area contributed by atoms with Crippen molar-refractivity contribution in [1.82, 2.24) is 15.5 Å². The Kier molecular flexibility index (Phi) is 7.10. The molecule has 2 heterocycles. The molecular weight excluding hydrogens is 418 g/mol. The number of hydrogen-bond donors (Lipinski definition) is 2. The number of para-hydroxylation sites is 1. The van der Waals surface area contributed by atoms with E-state index in [2.05, 4.69) is 33.7 Å². The van der Waals surface area contributed by atoms with Crippen molar-refractivity contribution >= 4 is 17.6 Å². The van der Waals surface area contributed by atoms with Crippen molar-refractivity contribution in [3.63, 3.8) is 0 Å². The van der Waals surface area contributed by atoms with Crippen LogP contribution in [0.5, 0.6) is 5.75 Å². The second kappa shape index (κ2) is 10.4. The van der Waals surface area contributed by atoms with Gasteiger partial charge in [-0.15, -0.1) is 0 Å². The lowest BCUT2D eigenvalue weighted by Crippen LogP contribution is -2.48. The summed E-state index contributed by atoms with van der Waals surface area (Å²) in [5.41, 5.74) is 4.21. The molecule has 2 amide bonds. The molecule has 33 heavy (non-hydrogen) atoms. The van der Waals surface area contributed by atoms with Crippen molar-refractivity contribution in [1.29, 1.82) is 0 Å². The number of hydrogen-bond acceptors (Lipinski definition) is 5. The summed E-state index contributed by atoms with van der Waals surface area (Å²) in [6.45, 7) is 4.36. The highest BCUT2D eigenvalue weighted by Gasteiger charge is 2.35. The Morgan fingerprint density at radius 1 is 1.12 bits per heavy atom. The highest BCUT2D eigenvalue weighted by molar-refractivity contribution is 5.95. The fourth-order valence-electron chi connectivity index (χ4n) is 4.33. The average Bonchev–Trinajstić information content (AvgIpc) is 2.85. The molecule has 0 spiro atoms. The molecule has 0 bridgehead atoms. The molecule has 0 saturated heterocycles. The van der Waals surface area contributed by atoms with Gasteiger partial charge in [0, 0.05) is 30.9 Å².